The van der Waals surface area contributed by atoms with Crippen molar-refractivity contribution < 1.29 is 19.4 Å². The first-order chi connectivity index (χ1) is 9.18. The first-order valence-electron chi connectivity index (χ1n) is 5.72. The summed E-state index contributed by atoms with van der Waals surface area (Å²) in [6.45, 7) is 0. The Morgan fingerprint density at radius 3 is 1.95 bits per heavy atom. The Balaban J connectivity index is 2.19. The summed E-state index contributed by atoms with van der Waals surface area (Å²) >= 11 is 0. The average Bonchev–Trinajstić information content (AvgIpc) is 2.46. The molecule has 0 unspecified atom stereocenters. The summed E-state index contributed by atoms with van der Waals surface area (Å²) in [6.07, 6.45) is -1.30. The van der Waals surface area contributed by atoms with Crippen molar-refractivity contribution in [2.45, 2.75) is 6.10 Å². The van der Waals surface area contributed by atoms with Crippen LogP contribution in [0.3, 0.4) is 0 Å². The van der Waals surface area contributed by atoms with E-state index < -0.39 is 18.0 Å². The first-order valence-corrected chi connectivity index (χ1v) is 5.72. The van der Waals surface area contributed by atoms with E-state index in [-0.39, 0.29) is 0 Å². The number of ether oxygens (including phenoxy) is 1. The monoisotopic (exact) mass is 256 g/mol. The van der Waals surface area contributed by atoms with E-state index >= 15 is 0 Å². The van der Waals surface area contributed by atoms with Gasteiger partial charge in [0.25, 0.3) is 0 Å². The lowest BCUT2D eigenvalue weighted by molar-refractivity contribution is -0.147. The van der Waals surface area contributed by atoms with Gasteiger partial charge in [-0.25, -0.2) is 9.59 Å². The van der Waals surface area contributed by atoms with Gasteiger partial charge >= 0.3 is 11.9 Å². The zero-order valence-corrected chi connectivity index (χ0v) is 10.0. The molecule has 0 amide bonds. The molecule has 1 atom stereocenters. The van der Waals surface area contributed by atoms with E-state index in [2.05, 4.69) is 0 Å². The Morgan fingerprint density at radius 2 is 1.42 bits per heavy atom. The van der Waals surface area contributed by atoms with E-state index in [1.807, 2.05) is 0 Å². The largest absolute Gasteiger partial charge is 0.478 e. The van der Waals surface area contributed by atoms with Crippen molar-refractivity contribution >= 4 is 11.9 Å². The van der Waals surface area contributed by atoms with Crippen molar-refractivity contribution in [3.63, 3.8) is 0 Å². The predicted molar refractivity (Wildman–Crippen MR) is 68.7 cm³/mol. The molecule has 0 aliphatic heterocycles. The quantitative estimate of drug-likeness (QED) is 0.854. The van der Waals surface area contributed by atoms with Crippen molar-refractivity contribution in [1.82, 2.24) is 0 Å². The summed E-state index contributed by atoms with van der Waals surface area (Å²) in [7, 11) is 0. The summed E-state index contributed by atoms with van der Waals surface area (Å²) in [4.78, 5) is 23.0. The van der Waals surface area contributed by atoms with Gasteiger partial charge in [0, 0.05) is 5.56 Å². The molecule has 4 nitrogen and oxygen atoms in total. The molecular weight excluding hydrogens is 244 g/mol. The third-order valence-corrected chi connectivity index (χ3v) is 2.56. The minimum atomic E-state index is -1.30. The average molecular weight is 256 g/mol. The van der Waals surface area contributed by atoms with Crippen molar-refractivity contribution in [3.8, 4) is 0 Å². The minimum Gasteiger partial charge on any atom is -0.478 e. The molecule has 0 bridgehead atoms. The van der Waals surface area contributed by atoms with Gasteiger partial charge in [-0.2, -0.15) is 0 Å². The summed E-state index contributed by atoms with van der Waals surface area (Å²) in [5.41, 5.74) is 0.754. The zero-order valence-electron chi connectivity index (χ0n) is 10.0. The van der Waals surface area contributed by atoms with E-state index in [4.69, 9.17) is 9.84 Å². The van der Waals surface area contributed by atoms with Crippen LogP contribution in [0.15, 0.2) is 60.7 Å². The molecule has 2 aromatic carbocycles. The lowest BCUT2D eigenvalue weighted by atomic mass is 10.1. The highest BCUT2D eigenvalue weighted by atomic mass is 16.6. The number of carbonyl (C=O) groups excluding carboxylic acids is 1. The van der Waals surface area contributed by atoms with Crippen LogP contribution in [-0.2, 0) is 9.53 Å². The molecule has 0 radical (unpaired) electrons. The molecule has 0 fully saturated rings. The van der Waals surface area contributed by atoms with Crippen LogP contribution >= 0.6 is 0 Å². The highest BCUT2D eigenvalue weighted by molar-refractivity contribution is 5.91. The van der Waals surface area contributed by atoms with Crippen LogP contribution in [0.2, 0.25) is 0 Å². The van der Waals surface area contributed by atoms with E-state index in [1.54, 1.807) is 60.7 Å². The van der Waals surface area contributed by atoms with Crippen molar-refractivity contribution in [2.24, 2.45) is 0 Å². The fourth-order valence-electron chi connectivity index (χ4n) is 1.64. The van der Waals surface area contributed by atoms with Gasteiger partial charge in [0.1, 0.15) is 0 Å². The van der Waals surface area contributed by atoms with Crippen LogP contribution in [-0.4, -0.2) is 17.0 Å². The van der Waals surface area contributed by atoms with Crippen molar-refractivity contribution in [3.05, 3.63) is 71.8 Å². The van der Waals surface area contributed by atoms with Crippen LogP contribution in [0.5, 0.6) is 0 Å². The fraction of sp³-hybridized carbons (Fsp3) is 0.0667. The minimum absolute atomic E-state index is 0.324. The Kier molecular flexibility index (Phi) is 3.93. The smallest absolute Gasteiger partial charge is 0.349 e. The second-order valence-electron chi connectivity index (χ2n) is 3.90. The van der Waals surface area contributed by atoms with Crippen LogP contribution < -0.4 is 0 Å². The van der Waals surface area contributed by atoms with Crippen LogP contribution in [0.4, 0.5) is 0 Å². The van der Waals surface area contributed by atoms with E-state index in [9.17, 15) is 9.59 Å². The SMILES string of the molecule is O=C(O[C@@H](C(=O)O)c1ccccc1)c1ccccc1. The lowest BCUT2D eigenvalue weighted by Crippen LogP contribution is -2.19. The molecule has 0 heterocycles. The lowest BCUT2D eigenvalue weighted by Gasteiger charge is -2.13. The Hall–Kier alpha value is -2.62. The molecule has 0 saturated heterocycles. The second-order valence-corrected chi connectivity index (χ2v) is 3.90. The maximum Gasteiger partial charge on any atom is 0.349 e. The third-order valence-electron chi connectivity index (χ3n) is 2.56. The van der Waals surface area contributed by atoms with Gasteiger partial charge in [-0.3, -0.25) is 0 Å². The van der Waals surface area contributed by atoms with Gasteiger partial charge in [-0.05, 0) is 12.1 Å². The molecule has 1 N–H and O–H groups in total. The maximum absolute atomic E-state index is 11.8. The molecule has 4 heteroatoms. The molecule has 0 aliphatic rings. The molecule has 0 aromatic heterocycles. The number of aliphatic carboxylic acids is 1. The first kappa shape index (κ1) is 12.8. The number of carbonyl (C=O) groups is 2. The molecular formula is C15H12O4. The van der Waals surface area contributed by atoms with Gasteiger partial charge in [0.15, 0.2) is 0 Å². The summed E-state index contributed by atoms with van der Waals surface area (Å²) in [6, 6.07) is 16.7. The number of carboxylic acid groups (broad SMARTS) is 1. The number of hydrogen-bond donors (Lipinski definition) is 1. The Bertz CT molecular complexity index is 563. The van der Waals surface area contributed by atoms with E-state index in [0.29, 0.717) is 11.1 Å². The van der Waals surface area contributed by atoms with Gasteiger partial charge in [0.05, 0.1) is 5.56 Å². The van der Waals surface area contributed by atoms with Crippen LogP contribution in [0.25, 0.3) is 0 Å². The van der Waals surface area contributed by atoms with E-state index in [1.165, 1.54) is 0 Å². The maximum atomic E-state index is 11.8. The highest BCUT2D eigenvalue weighted by Crippen LogP contribution is 2.19. The third kappa shape index (κ3) is 3.19. The zero-order chi connectivity index (χ0) is 13.7. The van der Waals surface area contributed by atoms with Gasteiger partial charge in [0.2, 0.25) is 6.10 Å². The topological polar surface area (TPSA) is 63.6 Å². The van der Waals surface area contributed by atoms with Gasteiger partial charge in [-0.15, -0.1) is 0 Å². The normalized spacial score (nSPS) is 11.6. The summed E-state index contributed by atoms with van der Waals surface area (Å²) in [5, 5.41) is 9.15. The Labute approximate surface area is 110 Å². The molecule has 0 aliphatic carbocycles. The number of rotatable bonds is 4. The van der Waals surface area contributed by atoms with Crippen molar-refractivity contribution in [1.29, 1.82) is 0 Å². The summed E-state index contributed by atoms with van der Waals surface area (Å²) < 4.78 is 5.05. The molecule has 19 heavy (non-hydrogen) atoms. The van der Waals surface area contributed by atoms with Gasteiger partial charge in [-0.1, -0.05) is 48.5 Å². The molecule has 0 saturated carbocycles. The van der Waals surface area contributed by atoms with Crippen molar-refractivity contribution in [2.75, 3.05) is 0 Å². The van der Waals surface area contributed by atoms with Crippen LogP contribution in [0, 0.1) is 0 Å². The number of esters is 1. The van der Waals surface area contributed by atoms with Crippen LogP contribution in [0.1, 0.15) is 22.0 Å². The predicted octanol–water partition coefficient (Wildman–Crippen LogP) is 2.67. The number of benzene rings is 2. The second kappa shape index (κ2) is 5.82. The van der Waals surface area contributed by atoms with Gasteiger partial charge < -0.3 is 9.84 Å². The number of hydrogen-bond acceptors (Lipinski definition) is 3. The van der Waals surface area contributed by atoms with E-state index in [0.717, 1.165) is 0 Å². The molecule has 2 rings (SSSR count). The highest BCUT2D eigenvalue weighted by Gasteiger charge is 2.24. The summed E-state index contributed by atoms with van der Waals surface area (Å²) in [5.74, 6) is -1.85. The molecule has 0 spiro atoms. The molecule has 2 aromatic rings. The Morgan fingerprint density at radius 1 is 0.895 bits per heavy atom. The fourth-order valence-corrected chi connectivity index (χ4v) is 1.64. The number of carboxylic acids is 1. The standard InChI is InChI=1S/C15H12O4/c16-14(17)13(11-7-3-1-4-8-11)19-15(18)12-9-5-2-6-10-12/h1-10,13H,(H,16,17)/t13-/m1/s1. The molecule has 96 valence electrons.